The highest BCUT2D eigenvalue weighted by Crippen LogP contribution is 2.30. The second kappa shape index (κ2) is 5.33. The topological polar surface area (TPSA) is 29.9 Å². The summed E-state index contributed by atoms with van der Waals surface area (Å²) in [5, 5.41) is 0.490. The van der Waals surface area contributed by atoms with E-state index in [1.54, 1.807) is 23.8 Å². The number of hydrogen-bond donors (Lipinski definition) is 1. The lowest BCUT2D eigenvalue weighted by molar-refractivity contribution is 0.415. The normalized spacial score (nSPS) is 11.0. The molecule has 0 amide bonds. The first-order chi connectivity index (χ1) is 10.0. The average molecular weight is 343 g/mol. The Morgan fingerprint density at radius 1 is 1.19 bits per heavy atom. The Morgan fingerprint density at radius 2 is 1.95 bits per heavy atom. The van der Waals surface area contributed by atoms with Crippen LogP contribution in [0.2, 0.25) is 10.0 Å². The van der Waals surface area contributed by atoms with Crippen molar-refractivity contribution in [3.63, 3.8) is 0 Å². The zero-order valence-electron chi connectivity index (χ0n) is 10.8. The molecular weight excluding hydrogens is 334 g/mol. The van der Waals surface area contributed by atoms with Gasteiger partial charge in [-0.05, 0) is 36.5 Å². The lowest BCUT2D eigenvalue weighted by Crippen LogP contribution is -1.95. The van der Waals surface area contributed by atoms with Crippen LogP contribution in [0.3, 0.4) is 0 Å². The highest BCUT2D eigenvalue weighted by Gasteiger charge is 2.12. The van der Waals surface area contributed by atoms with E-state index in [1.165, 1.54) is 12.1 Å². The number of hydrogen-bond acceptors (Lipinski definition) is 2. The van der Waals surface area contributed by atoms with Crippen LogP contribution in [0.4, 0.5) is 4.39 Å². The fourth-order valence-corrected chi connectivity index (χ4v) is 2.88. The number of nitrogens with zero attached hydrogens (tertiary/aromatic N) is 1. The van der Waals surface area contributed by atoms with E-state index in [1.807, 2.05) is 6.07 Å². The minimum absolute atomic E-state index is 0.0323. The van der Waals surface area contributed by atoms with E-state index in [0.717, 1.165) is 5.69 Å². The Bertz CT molecular complexity index is 904. The number of aromatic nitrogens is 2. The third-order valence-electron chi connectivity index (χ3n) is 3.12. The van der Waals surface area contributed by atoms with Gasteiger partial charge in [-0.3, -0.25) is 4.57 Å². The van der Waals surface area contributed by atoms with Crippen LogP contribution in [-0.2, 0) is 0 Å². The predicted octanol–water partition coefficient (Wildman–Crippen LogP) is 5.14. The molecule has 7 heteroatoms. The molecule has 0 atom stereocenters. The molecule has 0 radical (unpaired) electrons. The van der Waals surface area contributed by atoms with E-state index in [-0.39, 0.29) is 5.02 Å². The van der Waals surface area contributed by atoms with Crippen molar-refractivity contribution >= 4 is 46.5 Å². The van der Waals surface area contributed by atoms with E-state index < -0.39 is 5.82 Å². The summed E-state index contributed by atoms with van der Waals surface area (Å²) in [5.74, 6) is 0.0659. The molecule has 0 aliphatic carbocycles. The lowest BCUT2D eigenvalue weighted by Gasteiger charge is -2.08. The molecule has 0 fully saturated rings. The molecular formula is C14H9Cl2FN2OS. The highest BCUT2D eigenvalue weighted by atomic mass is 35.5. The van der Waals surface area contributed by atoms with E-state index >= 15 is 0 Å². The highest BCUT2D eigenvalue weighted by molar-refractivity contribution is 7.71. The minimum Gasteiger partial charge on any atom is -0.495 e. The maximum absolute atomic E-state index is 13.5. The van der Waals surface area contributed by atoms with Crippen LogP contribution >= 0.6 is 35.4 Å². The van der Waals surface area contributed by atoms with Gasteiger partial charge in [-0.25, -0.2) is 4.39 Å². The van der Waals surface area contributed by atoms with Crippen molar-refractivity contribution in [1.82, 2.24) is 9.55 Å². The molecule has 1 aromatic heterocycles. The summed E-state index contributed by atoms with van der Waals surface area (Å²) in [6, 6.07) is 8.11. The Labute approximate surface area is 134 Å². The van der Waals surface area contributed by atoms with Gasteiger partial charge in [-0.1, -0.05) is 23.2 Å². The molecule has 2 aromatic carbocycles. The Hall–Kier alpha value is -1.56. The lowest BCUT2D eigenvalue weighted by atomic mass is 10.2. The molecule has 0 saturated heterocycles. The summed E-state index contributed by atoms with van der Waals surface area (Å²) in [7, 11) is 1.54. The number of fused-ring (bicyclic) bond motifs is 1. The summed E-state index contributed by atoms with van der Waals surface area (Å²) in [4.78, 5) is 2.95. The molecule has 0 unspecified atom stereocenters. The van der Waals surface area contributed by atoms with E-state index in [4.69, 9.17) is 40.2 Å². The SMILES string of the molecule is COc1ccc(-n2c(=S)[nH]c3cc(F)c(Cl)cc32)cc1Cl. The number of imidazole rings is 1. The molecule has 0 aliphatic heterocycles. The van der Waals surface area contributed by atoms with Crippen molar-refractivity contribution in [1.29, 1.82) is 0 Å². The van der Waals surface area contributed by atoms with Gasteiger partial charge in [0.1, 0.15) is 11.6 Å². The molecule has 0 spiro atoms. The van der Waals surface area contributed by atoms with Crippen molar-refractivity contribution in [3.05, 3.63) is 51.0 Å². The third kappa shape index (κ3) is 2.41. The molecule has 1 N–H and O–H groups in total. The molecule has 0 saturated carbocycles. The maximum atomic E-state index is 13.5. The number of halogens is 3. The van der Waals surface area contributed by atoms with Crippen molar-refractivity contribution in [2.45, 2.75) is 0 Å². The number of aromatic amines is 1. The van der Waals surface area contributed by atoms with Crippen LogP contribution in [0.25, 0.3) is 16.7 Å². The van der Waals surface area contributed by atoms with Gasteiger partial charge in [0.05, 0.1) is 33.9 Å². The van der Waals surface area contributed by atoms with E-state index in [9.17, 15) is 4.39 Å². The van der Waals surface area contributed by atoms with Crippen molar-refractivity contribution in [3.8, 4) is 11.4 Å². The number of nitrogens with one attached hydrogen (secondary N) is 1. The summed E-state index contributed by atoms with van der Waals surface area (Å²) >= 11 is 17.3. The Morgan fingerprint density at radius 3 is 2.62 bits per heavy atom. The van der Waals surface area contributed by atoms with Gasteiger partial charge in [-0.2, -0.15) is 0 Å². The van der Waals surface area contributed by atoms with Crippen molar-refractivity contribution < 1.29 is 9.13 Å². The number of H-pyrrole nitrogens is 1. The van der Waals surface area contributed by atoms with Crippen LogP contribution in [0.5, 0.6) is 5.75 Å². The van der Waals surface area contributed by atoms with E-state index in [0.29, 0.717) is 26.6 Å². The van der Waals surface area contributed by atoms with Crippen molar-refractivity contribution in [2.75, 3.05) is 7.11 Å². The van der Waals surface area contributed by atoms with Gasteiger partial charge in [0.15, 0.2) is 4.77 Å². The molecule has 3 nitrogen and oxygen atoms in total. The molecule has 108 valence electrons. The van der Waals surface area contributed by atoms with Crippen molar-refractivity contribution in [2.24, 2.45) is 0 Å². The predicted molar refractivity (Wildman–Crippen MR) is 85.0 cm³/mol. The molecule has 21 heavy (non-hydrogen) atoms. The third-order valence-corrected chi connectivity index (χ3v) is 3.99. The quantitative estimate of drug-likeness (QED) is 0.653. The summed E-state index contributed by atoms with van der Waals surface area (Å²) < 4.78 is 20.8. The number of benzene rings is 2. The first-order valence-corrected chi connectivity index (χ1v) is 7.11. The van der Waals surface area contributed by atoms with Crippen LogP contribution in [0, 0.1) is 10.6 Å². The molecule has 3 aromatic rings. The van der Waals surface area contributed by atoms with Gasteiger partial charge >= 0.3 is 0 Å². The monoisotopic (exact) mass is 342 g/mol. The zero-order valence-corrected chi connectivity index (χ0v) is 13.1. The maximum Gasteiger partial charge on any atom is 0.182 e. The first-order valence-electron chi connectivity index (χ1n) is 5.95. The summed E-state index contributed by atoms with van der Waals surface area (Å²) in [5.41, 5.74) is 1.97. The molecule has 1 heterocycles. The summed E-state index contributed by atoms with van der Waals surface area (Å²) in [6.07, 6.45) is 0. The van der Waals surface area contributed by atoms with Gasteiger partial charge in [0, 0.05) is 6.07 Å². The standard InChI is InChI=1S/C14H9Cl2FN2OS/c1-20-13-3-2-7(4-9(13)16)19-12-5-8(15)10(17)6-11(12)18-14(19)21/h2-6H,1H3,(H,18,21). The van der Waals surface area contributed by atoms with Gasteiger partial charge in [0.2, 0.25) is 0 Å². The number of methoxy groups -OCH3 is 1. The van der Waals surface area contributed by atoms with Gasteiger partial charge < -0.3 is 9.72 Å². The first kappa shape index (κ1) is 14.4. The molecule has 0 aliphatic rings. The zero-order chi connectivity index (χ0) is 15.1. The number of ether oxygens (including phenoxy) is 1. The Balaban J connectivity index is 2.29. The number of rotatable bonds is 2. The molecule has 3 rings (SSSR count). The smallest absolute Gasteiger partial charge is 0.182 e. The van der Waals surface area contributed by atoms with Crippen LogP contribution in [0.1, 0.15) is 0 Å². The second-order valence-corrected chi connectivity index (χ2v) is 5.57. The van der Waals surface area contributed by atoms with Crippen LogP contribution in [-0.4, -0.2) is 16.7 Å². The largest absolute Gasteiger partial charge is 0.495 e. The fourth-order valence-electron chi connectivity index (χ4n) is 2.15. The van der Waals surface area contributed by atoms with Crippen LogP contribution < -0.4 is 4.74 Å². The molecule has 0 bridgehead atoms. The summed E-state index contributed by atoms with van der Waals surface area (Å²) in [6.45, 7) is 0. The van der Waals surface area contributed by atoms with Crippen LogP contribution in [0.15, 0.2) is 30.3 Å². The fraction of sp³-hybridized carbons (Fsp3) is 0.0714. The van der Waals surface area contributed by atoms with Gasteiger partial charge in [-0.15, -0.1) is 0 Å². The van der Waals surface area contributed by atoms with Gasteiger partial charge in [0.25, 0.3) is 0 Å². The second-order valence-electron chi connectivity index (χ2n) is 4.37. The minimum atomic E-state index is -0.500. The van der Waals surface area contributed by atoms with E-state index in [2.05, 4.69) is 4.98 Å². The average Bonchev–Trinajstić information content (AvgIpc) is 2.74. The Kier molecular flexibility index (Phi) is 3.65.